The highest BCUT2D eigenvalue weighted by Gasteiger charge is 2.16. The Bertz CT molecular complexity index is 800. The Kier molecular flexibility index (Phi) is 5.51. The van der Waals surface area contributed by atoms with Crippen LogP contribution in [0.15, 0.2) is 47.6 Å². The molecule has 0 aliphatic carbocycles. The van der Waals surface area contributed by atoms with Gasteiger partial charge in [-0.25, -0.2) is 4.99 Å². The average Bonchev–Trinajstić information content (AvgIpc) is 3.06. The Balaban J connectivity index is 1.57. The number of hydrogen-bond donors (Lipinski definition) is 2. The minimum absolute atomic E-state index is 0.130. The second-order valence-electron chi connectivity index (χ2n) is 6.75. The molecule has 2 aromatic rings. The molecule has 1 aromatic carbocycles. The van der Waals surface area contributed by atoms with Crippen molar-refractivity contribution in [1.29, 1.82) is 0 Å². The summed E-state index contributed by atoms with van der Waals surface area (Å²) in [5.41, 5.74) is 9.00. The number of anilines is 1. The van der Waals surface area contributed by atoms with Crippen molar-refractivity contribution in [3.05, 3.63) is 59.4 Å². The fraction of sp³-hybridized carbons (Fsp3) is 0.350. The fourth-order valence-electron chi connectivity index (χ4n) is 2.78. The Morgan fingerprint density at radius 2 is 2.08 bits per heavy atom. The van der Waals surface area contributed by atoms with Gasteiger partial charge in [-0.15, -0.1) is 0 Å². The summed E-state index contributed by atoms with van der Waals surface area (Å²) in [7, 11) is 0. The molecule has 6 nitrogen and oxygen atoms in total. The number of carbonyl (C=O) groups is 1. The molecule has 0 saturated carbocycles. The largest absolute Gasteiger partial charge is 0.463 e. The van der Waals surface area contributed by atoms with Crippen LogP contribution in [0, 0.1) is 0 Å². The van der Waals surface area contributed by atoms with Gasteiger partial charge in [0.15, 0.2) is 0 Å². The van der Waals surface area contributed by atoms with Gasteiger partial charge in [-0.3, -0.25) is 9.78 Å². The Labute approximate surface area is 153 Å². The van der Waals surface area contributed by atoms with Crippen molar-refractivity contribution in [1.82, 2.24) is 4.98 Å². The lowest BCUT2D eigenvalue weighted by Crippen LogP contribution is -2.13. The van der Waals surface area contributed by atoms with Crippen LogP contribution in [-0.4, -0.2) is 29.6 Å². The van der Waals surface area contributed by atoms with Crippen molar-refractivity contribution >= 4 is 17.6 Å². The van der Waals surface area contributed by atoms with Gasteiger partial charge in [0, 0.05) is 23.1 Å². The molecule has 1 aliphatic heterocycles. The summed E-state index contributed by atoms with van der Waals surface area (Å²) in [6.07, 6.45) is 3.46. The highest BCUT2D eigenvalue weighted by atomic mass is 16.5. The van der Waals surface area contributed by atoms with Gasteiger partial charge in [0.25, 0.3) is 11.9 Å². The van der Waals surface area contributed by atoms with E-state index in [2.05, 4.69) is 29.1 Å². The molecule has 0 spiro atoms. The number of pyridine rings is 1. The second-order valence-corrected chi connectivity index (χ2v) is 6.75. The van der Waals surface area contributed by atoms with E-state index in [0.717, 1.165) is 24.2 Å². The summed E-state index contributed by atoms with van der Waals surface area (Å²) in [5.74, 6) is 0.155. The number of nitrogens with one attached hydrogen (secondary N) is 1. The van der Waals surface area contributed by atoms with Gasteiger partial charge >= 0.3 is 0 Å². The van der Waals surface area contributed by atoms with E-state index in [1.165, 1.54) is 5.56 Å². The maximum atomic E-state index is 12.4. The van der Waals surface area contributed by atoms with Crippen LogP contribution in [0.2, 0.25) is 0 Å². The highest BCUT2D eigenvalue weighted by Crippen LogP contribution is 2.17. The zero-order chi connectivity index (χ0) is 18.5. The van der Waals surface area contributed by atoms with E-state index in [4.69, 9.17) is 10.5 Å². The van der Waals surface area contributed by atoms with E-state index >= 15 is 0 Å². The SMILES string of the molecule is CC(C)c1cc(C(=O)Nc2ccc(CC[C@H]3COC(N)=N3)cc2)ccn1. The van der Waals surface area contributed by atoms with Crippen LogP contribution in [0.25, 0.3) is 0 Å². The minimum atomic E-state index is -0.130. The number of ether oxygens (including phenoxy) is 1. The van der Waals surface area contributed by atoms with Crippen LogP contribution in [0.1, 0.15) is 47.8 Å². The number of nitrogens with two attached hydrogens (primary N) is 1. The first-order valence-electron chi connectivity index (χ1n) is 8.83. The fourth-order valence-corrected chi connectivity index (χ4v) is 2.78. The van der Waals surface area contributed by atoms with E-state index in [-0.39, 0.29) is 23.9 Å². The lowest BCUT2D eigenvalue weighted by molar-refractivity contribution is 0.102. The van der Waals surface area contributed by atoms with Crippen LogP contribution in [0.5, 0.6) is 0 Å². The van der Waals surface area contributed by atoms with E-state index < -0.39 is 0 Å². The van der Waals surface area contributed by atoms with Crippen molar-refractivity contribution in [2.24, 2.45) is 10.7 Å². The van der Waals surface area contributed by atoms with Gasteiger partial charge in [0.05, 0.1) is 6.04 Å². The van der Waals surface area contributed by atoms with Gasteiger partial charge in [0.2, 0.25) is 0 Å². The first-order valence-corrected chi connectivity index (χ1v) is 8.83. The van der Waals surface area contributed by atoms with Gasteiger partial charge in [-0.1, -0.05) is 26.0 Å². The Morgan fingerprint density at radius 3 is 2.73 bits per heavy atom. The summed E-state index contributed by atoms with van der Waals surface area (Å²) in [6.45, 7) is 4.67. The smallest absolute Gasteiger partial charge is 0.282 e. The molecule has 1 amide bonds. The van der Waals surface area contributed by atoms with Crippen molar-refractivity contribution < 1.29 is 9.53 Å². The van der Waals surface area contributed by atoms with Crippen molar-refractivity contribution in [3.8, 4) is 0 Å². The number of aromatic nitrogens is 1. The zero-order valence-corrected chi connectivity index (χ0v) is 15.1. The molecule has 6 heteroatoms. The van der Waals surface area contributed by atoms with Gasteiger partial charge < -0.3 is 15.8 Å². The Morgan fingerprint density at radius 1 is 1.31 bits per heavy atom. The molecule has 1 aromatic heterocycles. The quantitative estimate of drug-likeness (QED) is 0.836. The maximum absolute atomic E-state index is 12.4. The molecule has 0 saturated heterocycles. The first-order chi connectivity index (χ1) is 12.5. The summed E-state index contributed by atoms with van der Waals surface area (Å²) in [6, 6.07) is 11.9. The number of aliphatic imine (C=N–C) groups is 1. The number of hydrogen-bond acceptors (Lipinski definition) is 5. The summed E-state index contributed by atoms with van der Waals surface area (Å²) in [5, 5.41) is 2.93. The second kappa shape index (κ2) is 7.99. The van der Waals surface area contributed by atoms with Crippen LogP contribution >= 0.6 is 0 Å². The molecule has 0 bridgehead atoms. The summed E-state index contributed by atoms with van der Waals surface area (Å²) < 4.78 is 5.16. The monoisotopic (exact) mass is 352 g/mol. The third-order valence-electron chi connectivity index (χ3n) is 4.35. The molecule has 3 rings (SSSR count). The summed E-state index contributed by atoms with van der Waals surface area (Å²) >= 11 is 0. The standard InChI is InChI=1S/C20H24N4O2/c1-13(2)18-11-15(9-10-22-18)19(25)23-16-6-3-14(4-7-16)5-8-17-12-26-20(21)24-17/h3-4,6-7,9-11,13,17H,5,8,12H2,1-2H3,(H2,21,24)(H,23,25)/t17-/m0/s1. The molecule has 2 heterocycles. The number of rotatable bonds is 6. The topological polar surface area (TPSA) is 89.6 Å². The van der Waals surface area contributed by atoms with Crippen LogP contribution in [-0.2, 0) is 11.2 Å². The lowest BCUT2D eigenvalue weighted by atomic mass is 10.1. The van der Waals surface area contributed by atoms with Crippen LogP contribution in [0.4, 0.5) is 5.69 Å². The van der Waals surface area contributed by atoms with Crippen LogP contribution in [0.3, 0.4) is 0 Å². The number of amides is 1. The van der Waals surface area contributed by atoms with Crippen LogP contribution < -0.4 is 11.1 Å². The normalized spacial score (nSPS) is 16.3. The third kappa shape index (κ3) is 4.59. The third-order valence-corrected chi connectivity index (χ3v) is 4.35. The number of carbonyl (C=O) groups excluding carboxylic acids is 1. The van der Waals surface area contributed by atoms with Crippen molar-refractivity contribution in [2.45, 2.75) is 38.6 Å². The molecule has 1 aliphatic rings. The van der Waals surface area contributed by atoms with E-state index in [1.54, 1.807) is 12.3 Å². The molecule has 136 valence electrons. The number of aryl methyl sites for hydroxylation is 1. The van der Waals surface area contributed by atoms with Gasteiger partial charge in [-0.2, -0.15) is 0 Å². The maximum Gasteiger partial charge on any atom is 0.282 e. The zero-order valence-electron chi connectivity index (χ0n) is 15.1. The van der Waals surface area contributed by atoms with E-state index in [0.29, 0.717) is 12.2 Å². The molecule has 0 unspecified atom stereocenters. The van der Waals surface area contributed by atoms with Crippen molar-refractivity contribution in [2.75, 3.05) is 11.9 Å². The molecule has 0 radical (unpaired) electrons. The predicted octanol–water partition coefficient (Wildman–Crippen LogP) is 3.10. The molecular formula is C20H24N4O2. The van der Waals surface area contributed by atoms with Gasteiger partial charge in [0.1, 0.15) is 6.61 Å². The predicted molar refractivity (Wildman–Crippen MR) is 102 cm³/mol. The molecule has 1 atom stereocenters. The van der Waals surface area contributed by atoms with E-state index in [9.17, 15) is 4.79 Å². The number of amidine groups is 1. The van der Waals surface area contributed by atoms with Crippen molar-refractivity contribution in [3.63, 3.8) is 0 Å². The highest BCUT2D eigenvalue weighted by molar-refractivity contribution is 6.04. The molecule has 26 heavy (non-hydrogen) atoms. The molecular weight excluding hydrogens is 328 g/mol. The summed E-state index contributed by atoms with van der Waals surface area (Å²) in [4.78, 5) is 20.9. The lowest BCUT2D eigenvalue weighted by Gasteiger charge is -2.09. The number of benzene rings is 1. The number of nitrogens with zero attached hydrogens (tertiary/aromatic N) is 2. The molecule has 0 fully saturated rings. The first kappa shape index (κ1) is 17.9. The van der Waals surface area contributed by atoms with Gasteiger partial charge in [-0.05, 0) is 48.6 Å². The van der Waals surface area contributed by atoms with E-state index in [1.807, 2.05) is 30.3 Å². The average molecular weight is 352 g/mol. The Hall–Kier alpha value is -2.89. The molecule has 3 N–H and O–H groups in total. The minimum Gasteiger partial charge on any atom is -0.463 e.